The van der Waals surface area contributed by atoms with Gasteiger partial charge in [0.15, 0.2) is 5.78 Å². The van der Waals surface area contributed by atoms with Crippen molar-refractivity contribution in [3.05, 3.63) is 53.1 Å². The van der Waals surface area contributed by atoms with Crippen LogP contribution in [0.5, 0.6) is 0 Å². The summed E-state index contributed by atoms with van der Waals surface area (Å²) in [4.78, 5) is 14.1. The van der Waals surface area contributed by atoms with Crippen molar-refractivity contribution in [2.24, 2.45) is 11.5 Å². The van der Waals surface area contributed by atoms with Gasteiger partial charge in [0.2, 0.25) is 0 Å². The summed E-state index contributed by atoms with van der Waals surface area (Å²) in [5.41, 5.74) is 14.1. The van der Waals surface area contributed by atoms with E-state index in [1.807, 2.05) is 24.3 Å². The van der Waals surface area contributed by atoms with Gasteiger partial charge in [0, 0.05) is 24.0 Å². The van der Waals surface area contributed by atoms with Crippen LogP contribution in [-0.2, 0) is 0 Å². The Morgan fingerprint density at radius 1 is 0.955 bits per heavy atom. The summed E-state index contributed by atoms with van der Waals surface area (Å²) in [6, 6.07) is 12.1. The Morgan fingerprint density at radius 3 is 2.32 bits per heavy atom. The summed E-state index contributed by atoms with van der Waals surface area (Å²) in [5, 5.41) is 2.18. The number of hydrogen-bond acceptors (Lipinski definition) is 3. The average Bonchev–Trinajstić information content (AvgIpc) is 2.53. The van der Waals surface area contributed by atoms with Crippen LogP contribution in [-0.4, -0.2) is 38.5 Å². The van der Waals surface area contributed by atoms with Crippen molar-refractivity contribution in [1.29, 1.82) is 0 Å². The van der Waals surface area contributed by atoms with Crippen LogP contribution in [0.2, 0.25) is 0 Å². The molecule has 1 aliphatic carbocycles. The molecule has 4 nitrogen and oxygen atoms in total. The normalized spacial score (nSPS) is 13.8. The van der Waals surface area contributed by atoms with E-state index in [2.05, 4.69) is 18.2 Å². The maximum absolute atomic E-state index is 12.8. The smallest absolute Gasteiger partial charge is 0.195 e. The van der Waals surface area contributed by atoms with E-state index in [1.54, 1.807) is 0 Å². The van der Waals surface area contributed by atoms with Gasteiger partial charge in [-0.1, -0.05) is 36.4 Å². The van der Waals surface area contributed by atoms with Crippen molar-refractivity contribution in [3.8, 4) is 0 Å². The molecule has 22 heavy (non-hydrogen) atoms. The average molecular weight is 296 g/mol. The number of carbonyl (C=O) groups is 1. The highest BCUT2D eigenvalue weighted by atomic mass is 16.1. The Kier molecular flexibility index (Phi) is 4.34. The highest BCUT2D eigenvalue weighted by molar-refractivity contribution is 6.22. The van der Waals surface area contributed by atoms with Crippen molar-refractivity contribution in [1.82, 2.24) is 0 Å². The second-order valence-electron chi connectivity index (χ2n) is 5.75. The fourth-order valence-corrected chi connectivity index (χ4v) is 3.22. The molecule has 0 atom stereocenters. The van der Waals surface area contributed by atoms with Crippen LogP contribution < -0.4 is 16.4 Å². The molecular weight excluding hydrogens is 274 g/mol. The standard InChI is InChI=1S/C18H21N3O/c19-7-9-21(10-8-20)12-15-11-14-5-1-3-13-4-2-6-16(17(13)14)18(15)22/h1-6,11H,7-10,12,19-20H2/p+1. The van der Waals surface area contributed by atoms with E-state index >= 15 is 0 Å². The minimum absolute atomic E-state index is 0.135. The lowest BCUT2D eigenvalue weighted by atomic mass is 9.88. The molecule has 2 aromatic rings. The molecule has 2 aromatic carbocycles. The Labute approximate surface area is 130 Å². The van der Waals surface area contributed by atoms with E-state index in [4.69, 9.17) is 11.5 Å². The zero-order valence-electron chi connectivity index (χ0n) is 12.6. The molecule has 1 aliphatic rings. The van der Waals surface area contributed by atoms with Crippen molar-refractivity contribution in [2.75, 3.05) is 32.7 Å². The van der Waals surface area contributed by atoms with Crippen LogP contribution in [0.25, 0.3) is 16.8 Å². The molecule has 0 bridgehead atoms. The predicted octanol–water partition coefficient (Wildman–Crippen LogP) is 0.222. The quantitative estimate of drug-likeness (QED) is 0.714. The van der Waals surface area contributed by atoms with E-state index in [1.165, 1.54) is 4.90 Å². The zero-order valence-corrected chi connectivity index (χ0v) is 12.6. The van der Waals surface area contributed by atoms with E-state index in [9.17, 15) is 4.79 Å². The van der Waals surface area contributed by atoms with Crippen LogP contribution in [0.1, 0.15) is 15.9 Å². The lowest BCUT2D eigenvalue weighted by Gasteiger charge is -2.22. The lowest BCUT2D eigenvalue weighted by Crippen LogP contribution is -3.13. The molecule has 5 N–H and O–H groups in total. The number of benzene rings is 2. The maximum Gasteiger partial charge on any atom is 0.195 e. The first-order valence-corrected chi connectivity index (χ1v) is 7.75. The van der Waals surface area contributed by atoms with Gasteiger partial charge in [-0.2, -0.15) is 0 Å². The number of nitrogens with one attached hydrogen (secondary N) is 1. The van der Waals surface area contributed by atoms with Crippen LogP contribution in [0.15, 0.2) is 42.0 Å². The SMILES string of the molecule is NCC[NH+](CCN)CC1=Cc2cccc3cccc(c23)C1=O. The molecule has 0 radical (unpaired) electrons. The van der Waals surface area contributed by atoms with Gasteiger partial charge in [-0.3, -0.25) is 4.79 Å². The first-order chi connectivity index (χ1) is 10.7. The highest BCUT2D eigenvalue weighted by Crippen LogP contribution is 2.30. The molecule has 0 unspecified atom stereocenters. The summed E-state index contributed by atoms with van der Waals surface area (Å²) in [6.45, 7) is 3.53. The van der Waals surface area contributed by atoms with Gasteiger partial charge in [-0.25, -0.2) is 0 Å². The third kappa shape index (κ3) is 2.68. The summed E-state index contributed by atoms with van der Waals surface area (Å²) < 4.78 is 0. The summed E-state index contributed by atoms with van der Waals surface area (Å²) in [7, 11) is 0. The molecule has 0 saturated heterocycles. The fraction of sp³-hybridized carbons (Fsp3) is 0.278. The molecule has 4 heteroatoms. The van der Waals surface area contributed by atoms with Gasteiger partial charge < -0.3 is 16.4 Å². The Hall–Kier alpha value is -2.01. The second kappa shape index (κ2) is 6.40. The largest absolute Gasteiger partial charge is 0.329 e. The molecule has 0 amide bonds. The number of hydrogen-bond donors (Lipinski definition) is 3. The van der Waals surface area contributed by atoms with Crippen LogP contribution in [0, 0.1) is 0 Å². The first-order valence-electron chi connectivity index (χ1n) is 7.75. The Balaban J connectivity index is 1.99. The van der Waals surface area contributed by atoms with Gasteiger partial charge >= 0.3 is 0 Å². The van der Waals surface area contributed by atoms with E-state index in [0.29, 0.717) is 19.6 Å². The third-order valence-corrected chi connectivity index (χ3v) is 4.24. The summed E-state index contributed by atoms with van der Waals surface area (Å²) in [5.74, 6) is 0.135. The molecule has 0 fully saturated rings. The summed E-state index contributed by atoms with van der Waals surface area (Å²) in [6.07, 6.45) is 2.03. The topological polar surface area (TPSA) is 73.6 Å². The lowest BCUT2D eigenvalue weighted by molar-refractivity contribution is -0.891. The number of carbonyl (C=O) groups excluding carboxylic acids is 1. The zero-order chi connectivity index (χ0) is 15.5. The van der Waals surface area contributed by atoms with E-state index in [0.717, 1.165) is 40.6 Å². The minimum Gasteiger partial charge on any atom is -0.329 e. The number of Topliss-reactive ketones (excluding diaryl/α,β-unsaturated/α-hetero) is 1. The second-order valence-corrected chi connectivity index (χ2v) is 5.75. The molecule has 3 rings (SSSR count). The number of rotatable bonds is 6. The van der Waals surface area contributed by atoms with E-state index < -0.39 is 0 Å². The van der Waals surface area contributed by atoms with Gasteiger partial charge in [0.25, 0.3) is 0 Å². The fourth-order valence-electron chi connectivity index (χ4n) is 3.22. The monoisotopic (exact) mass is 296 g/mol. The molecule has 0 saturated carbocycles. The van der Waals surface area contributed by atoms with E-state index in [-0.39, 0.29) is 5.78 Å². The molecule has 0 heterocycles. The molecule has 114 valence electrons. The maximum atomic E-state index is 12.8. The number of ketones is 1. The molecular formula is C18H22N3O+. The predicted molar refractivity (Wildman–Crippen MR) is 89.9 cm³/mol. The first kappa shape index (κ1) is 14.9. The van der Waals surface area contributed by atoms with Gasteiger partial charge in [-0.05, 0) is 17.0 Å². The van der Waals surface area contributed by atoms with Crippen LogP contribution in [0.4, 0.5) is 0 Å². The minimum atomic E-state index is 0.135. The van der Waals surface area contributed by atoms with Crippen molar-refractivity contribution < 1.29 is 9.69 Å². The molecule has 0 aromatic heterocycles. The van der Waals surface area contributed by atoms with Gasteiger partial charge in [-0.15, -0.1) is 0 Å². The van der Waals surface area contributed by atoms with Gasteiger partial charge in [0.05, 0.1) is 18.7 Å². The highest BCUT2D eigenvalue weighted by Gasteiger charge is 2.24. The Morgan fingerprint density at radius 2 is 1.64 bits per heavy atom. The van der Waals surface area contributed by atoms with Crippen LogP contribution >= 0.6 is 0 Å². The van der Waals surface area contributed by atoms with Crippen molar-refractivity contribution in [2.45, 2.75) is 0 Å². The third-order valence-electron chi connectivity index (χ3n) is 4.24. The number of nitrogens with two attached hydrogens (primary N) is 2. The number of quaternary nitrogens is 1. The molecule has 0 aliphatic heterocycles. The molecule has 0 spiro atoms. The summed E-state index contributed by atoms with van der Waals surface area (Å²) >= 11 is 0. The van der Waals surface area contributed by atoms with Crippen LogP contribution in [0.3, 0.4) is 0 Å². The Bertz CT molecular complexity index is 725. The van der Waals surface area contributed by atoms with Crippen molar-refractivity contribution in [3.63, 3.8) is 0 Å². The van der Waals surface area contributed by atoms with Gasteiger partial charge in [0.1, 0.15) is 6.54 Å². The van der Waals surface area contributed by atoms with Crippen molar-refractivity contribution >= 4 is 22.6 Å².